The van der Waals surface area contributed by atoms with Crippen molar-refractivity contribution in [1.29, 1.82) is 0 Å². The summed E-state index contributed by atoms with van der Waals surface area (Å²) in [4.78, 5) is 27.8. The van der Waals surface area contributed by atoms with Gasteiger partial charge in [-0.05, 0) is 36.8 Å². The van der Waals surface area contributed by atoms with E-state index in [1.807, 2.05) is 31.2 Å². The van der Waals surface area contributed by atoms with Crippen LogP contribution in [0.4, 0.5) is 5.69 Å². The summed E-state index contributed by atoms with van der Waals surface area (Å²) in [5, 5.41) is 12.0. The van der Waals surface area contributed by atoms with Crippen molar-refractivity contribution < 1.29 is 14.7 Å². The number of anilines is 1. The van der Waals surface area contributed by atoms with Crippen LogP contribution in [0.1, 0.15) is 33.5 Å². The van der Waals surface area contributed by atoms with Crippen molar-refractivity contribution in [2.75, 3.05) is 4.90 Å². The molecule has 0 aliphatic carbocycles. The van der Waals surface area contributed by atoms with Gasteiger partial charge >= 0.3 is 0 Å². The summed E-state index contributed by atoms with van der Waals surface area (Å²) in [6.45, 7) is 2.29. The standard InChI is InChI=1S/C24H19Cl2NO3/c1-15-6-8-16(9-7-15)14-27-21-5-3-2-4-19(21)24(30,23(27)29)13-22(28)18-11-10-17(25)12-20(18)26/h2-12,30H,13-14H2,1H3. The molecule has 1 unspecified atom stereocenters. The molecule has 3 aromatic rings. The van der Waals surface area contributed by atoms with Gasteiger partial charge in [0.15, 0.2) is 11.4 Å². The normalized spacial score (nSPS) is 17.9. The molecule has 30 heavy (non-hydrogen) atoms. The number of halogens is 2. The molecular formula is C24H19Cl2NO3. The van der Waals surface area contributed by atoms with Crippen LogP contribution in [0.5, 0.6) is 0 Å². The number of aryl methyl sites for hydroxylation is 1. The molecule has 4 nitrogen and oxygen atoms in total. The fourth-order valence-corrected chi connectivity index (χ4v) is 4.27. The predicted molar refractivity (Wildman–Crippen MR) is 118 cm³/mol. The van der Waals surface area contributed by atoms with Gasteiger partial charge in [0.25, 0.3) is 5.91 Å². The minimum atomic E-state index is -1.96. The zero-order valence-electron chi connectivity index (χ0n) is 16.2. The number of nitrogens with zero attached hydrogens (tertiary/aromatic N) is 1. The zero-order valence-corrected chi connectivity index (χ0v) is 17.7. The topological polar surface area (TPSA) is 57.6 Å². The summed E-state index contributed by atoms with van der Waals surface area (Å²) >= 11 is 12.1. The molecule has 1 N–H and O–H groups in total. The van der Waals surface area contributed by atoms with Gasteiger partial charge in [0.05, 0.1) is 23.7 Å². The molecule has 0 aromatic heterocycles. The smallest absolute Gasteiger partial charge is 0.264 e. The summed E-state index contributed by atoms with van der Waals surface area (Å²) in [6.07, 6.45) is -0.408. The summed E-state index contributed by atoms with van der Waals surface area (Å²) in [7, 11) is 0. The van der Waals surface area contributed by atoms with Crippen molar-refractivity contribution in [3.05, 3.63) is 99.0 Å². The van der Waals surface area contributed by atoms with Gasteiger partial charge < -0.3 is 10.0 Å². The molecule has 1 amide bonds. The van der Waals surface area contributed by atoms with Gasteiger partial charge in [-0.1, -0.05) is 71.2 Å². The minimum Gasteiger partial charge on any atom is -0.375 e. The highest BCUT2D eigenvalue weighted by Gasteiger charge is 2.50. The van der Waals surface area contributed by atoms with Gasteiger partial charge in [-0.15, -0.1) is 0 Å². The Kier molecular flexibility index (Phi) is 5.41. The number of rotatable bonds is 5. The number of aliphatic hydroxyl groups is 1. The maximum Gasteiger partial charge on any atom is 0.264 e. The number of carbonyl (C=O) groups is 2. The first-order valence-corrected chi connectivity index (χ1v) is 10.2. The van der Waals surface area contributed by atoms with Crippen LogP contribution in [0.25, 0.3) is 0 Å². The van der Waals surface area contributed by atoms with E-state index >= 15 is 0 Å². The van der Waals surface area contributed by atoms with E-state index in [4.69, 9.17) is 23.2 Å². The molecule has 1 atom stereocenters. The average molecular weight is 440 g/mol. The van der Waals surface area contributed by atoms with E-state index in [2.05, 4.69) is 0 Å². The van der Waals surface area contributed by atoms with Gasteiger partial charge in [0, 0.05) is 16.1 Å². The van der Waals surface area contributed by atoms with Crippen molar-refractivity contribution in [2.24, 2.45) is 0 Å². The van der Waals surface area contributed by atoms with E-state index in [1.54, 1.807) is 30.3 Å². The first kappa shape index (κ1) is 20.6. The van der Waals surface area contributed by atoms with Gasteiger partial charge in [-0.25, -0.2) is 0 Å². The molecule has 0 saturated carbocycles. The van der Waals surface area contributed by atoms with E-state index < -0.39 is 23.7 Å². The van der Waals surface area contributed by atoms with E-state index in [9.17, 15) is 14.7 Å². The second kappa shape index (κ2) is 7.88. The maximum atomic E-state index is 13.3. The molecule has 0 saturated heterocycles. The number of ketones is 1. The van der Waals surface area contributed by atoms with Gasteiger partial charge in [0.1, 0.15) is 0 Å². The third-order valence-electron chi connectivity index (χ3n) is 5.35. The monoisotopic (exact) mass is 439 g/mol. The number of hydrogen-bond acceptors (Lipinski definition) is 3. The fourth-order valence-electron chi connectivity index (χ4n) is 3.75. The molecular weight excluding hydrogens is 421 g/mol. The largest absolute Gasteiger partial charge is 0.375 e. The first-order chi connectivity index (χ1) is 14.3. The fraction of sp³-hybridized carbons (Fsp3) is 0.167. The number of carbonyl (C=O) groups excluding carboxylic acids is 2. The second-order valence-corrected chi connectivity index (χ2v) is 8.32. The molecule has 6 heteroatoms. The predicted octanol–water partition coefficient (Wildman–Crippen LogP) is 5.31. The van der Waals surface area contributed by atoms with E-state index in [0.29, 0.717) is 22.8 Å². The lowest BCUT2D eigenvalue weighted by Crippen LogP contribution is -2.41. The summed E-state index contributed by atoms with van der Waals surface area (Å²) < 4.78 is 0. The lowest BCUT2D eigenvalue weighted by molar-refractivity contribution is -0.136. The Hall–Kier alpha value is -2.66. The molecule has 1 aliphatic heterocycles. The highest BCUT2D eigenvalue weighted by Crippen LogP contribution is 2.43. The molecule has 0 radical (unpaired) electrons. The first-order valence-electron chi connectivity index (χ1n) is 9.47. The van der Waals surface area contributed by atoms with Crippen LogP contribution in [0.15, 0.2) is 66.7 Å². The third-order valence-corrected chi connectivity index (χ3v) is 5.90. The molecule has 0 spiro atoms. The Balaban J connectivity index is 1.68. The molecule has 152 valence electrons. The Morgan fingerprint density at radius 2 is 1.73 bits per heavy atom. The van der Waals surface area contributed by atoms with Crippen LogP contribution < -0.4 is 4.90 Å². The van der Waals surface area contributed by atoms with Crippen LogP contribution in [0.3, 0.4) is 0 Å². The average Bonchev–Trinajstić information content (AvgIpc) is 2.91. The lowest BCUT2D eigenvalue weighted by atomic mass is 9.88. The number of Topliss-reactive ketones (excluding diaryl/α,β-unsaturated/α-hetero) is 1. The lowest BCUT2D eigenvalue weighted by Gasteiger charge is -2.23. The van der Waals surface area contributed by atoms with Crippen LogP contribution in [-0.2, 0) is 16.9 Å². The van der Waals surface area contributed by atoms with Crippen molar-refractivity contribution in [1.82, 2.24) is 0 Å². The molecule has 4 rings (SSSR count). The number of para-hydroxylation sites is 1. The van der Waals surface area contributed by atoms with Crippen LogP contribution in [0.2, 0.25) is 10.0 Å². The second-order valence-electron chi connectivity index (χ2n) is 7.48. The van der Waals surface area contributed by atoms with Gasteiger partial charge in [-0.3, -0.25) is 9.59 Å². The molecule has 0 fully saturated rings. The maximum absolute atomic E-state index is 13.3. The van der Waals surface area contributed by atoms with Crippen molar-refractivity contribution in [3.8, 4) is 0 Å². The zero-order chi connectivity index (χ0) is 21.5. The Bertz CT molecular complexity index is 1140. The Morgan fingerprint density at radius 3 is 2.43 bits per heavy atom. The summed E-state index contributed by atoms with van der Waals surface area (Å²) in [6, 6.07) is 19.4. The molecule has 0 bridgehead atoms. The SMILES string of the molecule is Cc1ccc(CN2C(=O)C(O)(CC(=O)c3ccc(Cl)cc3Cl)c3ccccc32)cc1. The van der Waals surface area contributed by atoms with E-state index in [0.717, 1.165) is 11.1 Å². The number of hydrogen-bond donors (Lipinski definition) is 1. The van der Waals surface area contributed by atoms with Crippen molar-refractivity contribution in [2.45, 2.75) is 25.5 Å². The number of benzene rings is 3. The molecule has 1 heterocycles. The Morgan fingerprint density at radius 1 is 1.03 bits per heavy atom. The van der Waals surface area contributed by atoms with Crippen LogP contribution in [-0.4, -0.2) is 16.8 Å². The number of amides is 1. The third kappa shape index (κ3) is 3.63. The van der Waals surface area contributed by atoms with E-state index in [-0.39, 0.29) is 10.6 Å². The minimum absolute atomic E-state index is 0.186. The summed E-state index contributed by atoms with van der Waals surface area (Å²) in [5.41, 5.74) is 1.33. The van der Waals surface area contributed by atoms with Crippen LogP contribution in [0, 0.1) is 6.92 Å². The quantitative estimate of drug-likeness (QED) is 0.548. The van der Waals surface area contributed by atoms with Gasteiger partial charge in [0.2, 0.25) is 0 Å². The molecule has 3 aromatic carbocycles. The van der Waals surface area contributed by atoms with Crippen LogP contribution >= 0.6 is 23.2 Å². The van der Waals surface area contributed by atoms with Gasteiger partial charge in [-0.2, -0.15) is 0 Å². The highest BCUT2D eigenvalue weighted by molar-refractivity contribution is 6.37. The van der Waals surface area contributed by atoms with Crippen molar-refractivity contribution >= 4 is 40.6 Å². The number of fused-ring (bicyclic) bond motifs is 1. The highest BCUT2D eigenvalue weighted by atomic mass is 35.5. The van der Waals surface area contributed by atoms with E-state index in [1.165, 1.54) is 17.0 Å². The molecule has 1 aliphatic rings. The Labute approximate surface area is 184 Å². The van der Waals surface area contributed by atoms with Crippen molar-refractivity contribution in [3.63, 3.8) is 0 Å². The summed E-state index contributed by atoms with van der Waals surface area (Å²) in [5.74, 6) is -0.956.